The van der Waals surface area contributed by atoms with Gasteiger partial charge in [-0.05, 0) is 6.42 Å². The minimum atomic E-state index is -2.88. The van der Waals surface area contributed by atoms with Gasteiger partial charge in [0.05, 0.1) is 30.4 Å². The second-order valence-corrected chi connectivity index (χ2v) is 10.8. The van der Waals surface area contributed by atoms with Crippen molar-refractivity contribution in [3.05, 3.63) is 27.7 Å². The van der Waals surface area contributed by atoms with Crippen molar-refractivity contribution in [1.29, 1.82) is 0 Å². The molecule has 0 bridgehead atoms. The number of ether oxygens (including phenoxy) is 1. The van der Waals surface area contributed by atoms with Crippen LogP contribution >= 0.6 is 0 Å². The Balaban J connectivity index is 1.41. The fourth-order valence-electron chi connectivity index (χ4n) is 4.67. The largest absolute Gasteiger partial charge is 0.503 e. The maximum absolute atomic E-state index is 12.4. The molecule has 0 amide bonds. The summed E-state index contributed by atoms with van der Waals surface area (Å²) in [6.45, 7) is 7.43. The first-order chi connectivity index (χ1) is 14.3. The average molecular weight is 441 g/mol. The zero-order valence-electron chi connectivity index (χ0n) is 17.6. The van der Waals surface area contributed by atoms with Gasteiger partial charge in [-0.2, -0.15) is 0 Å². The van der Waals surface area contributed by atoms with Gasteiger partial charge in [0, 0.05) is 77.2 Å². The van der Waals surface area contributed by atoms with Gasteiger partial charge < -0.3 is 14.4 Å². The second-order valence-electron chi connectivity index (χ2n) is 8.61. The van der Waals surface area contributed by atoms with E-state index in [-0.39, 0.29) is 23.0 Å². The first-order valence-electron chi connectivity index (χ1n) is 10.7. The van der Waals surface area contributed by atoms with Crippen molar-refractivity contribution < 1.29 is 18.3 Å². The van der Waals surface area contributed by atoms with Gasteiger partial charge in [0.25, 0.3) is 0 Å². The van der Waals surface area contributed by atoms with Crippen molar-refractivity contribution in [2.45, 2.75) is 25.6 Å². The summed E-state index contributed by atoms with van der Waals surface area (Å²) in [7, 11) is -0.972. The molecule has 1 aromatic rings. The van der Waals surface area contributed by atoms with E-state index in [1.807, 2.05) is 11.6 Å². The van der Waals surface area contributed by atoms with Crippen molar-refractivity contribution in [2.75, 3.05) is 64.0 Å². The van der Waals surface area contributed by atoms with Gasteiger partial charge in [-0.15, -0.1) is 0 Å². The van der Waals surface area contributed by atoms with Crippen molar-refractivity contribution in [3.8, 4) is 5.75 Å². The summed E-state index contributed by atoms with van der Waals surface area (Å²) < 4.78 is 30.9. The standard InChI is InChI=1S/C20H32N4O5S/c1-21-17(13-23-7-9-29-10-8-23)12-19(25)20(26)18(21)14-22-3-5-24(6-4-22)16-2-11-30(27,28)15-16/h12,16,26H,2-11,13-15H2,1H3/t16-/m1/s1. The summed E-state index contributed by atoms with van der Waals surface area (Å²) in [5.41, 5.74) is 1.20. The van der Waals surface area contributed by atoms with Crippen LogP contribution in [0, 0.1) is 0 Å². The van der Waals surface area contributed by atoms with Crippen molar-refractivity contribution in [1.82, 2.24) is 19.3 Å². The summed E-state index contributed by atoms with van der Waals surface area (Å²) in [6.07, 6.45) is 0.723. The van der Waals surface area contributed by atoms with Crippen LogP contribution < -0.4 is 5.43 Å². The minimum Gasteiger partial charge on any atom is -0.503 e. The Kier molecular flexibility index (Phi) is 6.50. The lowest BCUT2D eigenvalue weighted by Crippen LogP contribution is -2.50. The number of nitrogens with zero attached hydrogens (tertiary/aromatic N) is 4. The molecule has 1 N–H and O–H groups in total. The molecule has 0 spiro atoms. The molecule has 30 heavy (non-hydrogen) atoms. The average Bonchev–Trinajstić information content (AvgIpc) is 3.10. The Morgan fingerprint density at radius 3 is 2.37 bits per heavy atom. The molecular weight excluding hydrogens is 408 g/mol. The lowest BCUT2D eigenvalue weighted by Gasteiger charge is -2.38. The van der Waals surface area contributed by atoms with Crippen LogP contribution in [0.15, 0.2) is 10.9 Å². The molecule has 4 heterocycles. The van der Waals surface area contributed by atoms with Crippen LogP contribution in [0.4, 0.5) is 0 Å². The van der Waals surface area contributed by atoms with E-state index in [1.54, 1.807) is 0 Å². The van der Waals surface area contributed by atoms with Crippen LogP contribution in [0.3, 0.4) is 0 Å². The molecule has 0 radical (unpaired) electrons. The van der Waals surface area contributed by atoms with Gasteiger partial charge in [0.1, 0.15) is 0 Å². The molecule has 3 fully saturated rings. The summed E-state index contributed by atoms with van der Waals surface area (Å²) in [5, 5.41) is 10.5. The minimum absolute atomic E-state index is 0.131. The molecule has 9 nitrogen and oxygen atoms in total. The fraction of sp³-hybridized carbons (Fsp3) is 0.750. The Bertz CT molecular complexity index is 918. The van der Waals surface area contributed by atoms with E-state index in [2.05, 4.69) is 14.7 Å². The number of rotatable bonds is 5. The van der Waals surface area contributed by atoms with Crippen LogP contribution in [-0.4, -0.2) is 103 Å². The summed E-state index contributed by atoms with van der Waals surface area (Å²) >= 11 is 0. The van der Waals surface area contributed by atoms with Crippen molar-refractivity contribution >= 4 is 9.84 Å². The van der Waals surface area contributed by atoms with Gasteiger partial charge in [0.15, 0.2) is 15.6 Å². The van der Waals surface area contributed by atoms with Crippen LogP contribution in [0.25, 0.3) is 0 Å². The number of aromatic nitrogens is 1. The summed E-state index contributed by atoms with van der Waals surface area (Å²) in [4.78, 5) is 19.2. The lowest BCUT2D eigenvalue weighted by molar-refractivity contribution is 0.0330. The predicted octanol–water partition coefficient (Wildman–Crippen LogP) is -0.772. The number of piperazine rings is 1. The molecule has 1 atom stereocenters. The van der Waals surface area contributed by atoms with E-state index in [9.17, 15) is 18.3 Å². The number of pyridine rings is 1. The van der Waals surface area contributed by atoms with Crippen molar-refractivity contribution in [2.24, 2.45) is 7.05 Å². The van der Waals surface area contributed by atoms with Gasteiger partial charge in [-0.1, -0.05) is 0 Å². The third-order valence-corrected chi connectivity index (χ3v) is 8.38. The van der Waals surface area contributed by atoms with E-state index >= 15 is 0 Å². The number of hydrogen-bond donors (Lipinski definition) is 1. The molecule has 0 aromatic carbocycles. The third kappa shape index (κ3) is 4.88. The SMILES string of the molecule is Cn1c(CN2CCOCC2)cc(=O)c(O)c1CN1CCN([C@@H]2CCS(=O)(=O)C2)CC1. The number of sulfone groups is 1. The highest BCUT2D eigenvalue weighted by molar-refractivity contribution is 7.91. The topological polar surface area (TPSA) is 95.3 Å². The Hall–Kier alpha value is -1.46. The molecule has 0 saturated carbocycles. The van der Waals surface area contributed by atoms with E-state index < -0.39 is 9.84 Å². The second kappa shape index (κ2) is 8.96. The molecule has 168 valence electrons. The predicted molar refractivity (Wildman–Crippen MR) is 113 cm³/mol. The van der Waals surface area contributed by atoms with E-state index in [1.165, 1.54) is 6.07 Å². The molecule has 10 heteroatoms. The molecule has 3 aliphatic rings. The van der Waals surface area contributed by atoms with Crippen molar-refractivity contribution in [3.63, 3.8) is 0 Å². The zero-order valence-corrected chi connectivity index (χ0v) is 18.4. The first-order valence-corrected chi connectivity index (χ1v) is 12.5. The maximum atomic E-state index is 12.4. The van der Waals surface area contributed by atoms with Gasteiger partial charge in [0.2, 0.25) is 5.43 Å². The Morgan fingerprint density at radius 1 is 1.07 bits per heavy atom. The normalized spacial score (nSPS) is 26.2. The van der Waals surface area contributed by atoms with Crippen LogP contribution in [0.1, 0.15) is 17.8 Å². The van der Waals surface area contributed by atoms with Crippen LogP contribution in [-0.2, 0) is 34.7 Å². The lowest BCUT2D eigenvalue weighted by atomic mass is 10.1. The molecular formula is C20H32N4O5S. The quantitative estimate of drug-likeness (QED) is 0.638. The monoisotopic (exact) mass is 440 g/mol. The Morgan fingerprint density at radius 2 is 1.73 bits per heavy atom. The van der Waals surface area contributed by atoms with E-state index in [0.717, 1.165) is 51.4 Å². The summed E-state index contributed by atoms with van der Waals surface area (Å²) in [5.74, 6) is 0.392. The third-order valence-electron chi connectivity index (χ3n) is 6.63. The molecule has 3 saturated heterocycles. The fourth-order valence-corrected chi connectivity index (χ4v) is 6.44. The molecule has 1 aromatic heterocycles. The van der Waals surface area contributed by atoms with E-state index in [4.69, 9.17) is 4.74 Å². The Labute approximate surface area is 177 Å². The summed E-state index contributed by atoms with van der Waals surface area (Å²) in [6, 6.07) is 1.67. The zero-order chi connectivity index (χ0) is 21.3. The maximum Gasteiger partial charge on any atom is 0.223 e. The molecule has 3 aliphatic heterocycles. The van der Waals surface area contributed by atoms with Crippen LogP contribution in [0.5, 0.6) is 5.75 Å². The number of morpholine rings is 1. The van der Waals surface area contributed by atoms with E-state index in [0.29, 0.717) is 37.8 Å². The molecule has 4 rings (SSSR count). The highest BCUT2D eigenvalue weighted by Crippen LogP contribution is 2.22. The molecule has 0 unspecified atom stereocenters. The highest BCUT2D eigenvalue weighted by atomic mass is 32.2. The highest BCUT2D eigenvalue weighted by Gasteiger charge is 2.33. The smallest absolute Gasteiger partial charge is 0.223 e. The number of hydrogen-bond acceptors (Lipinski definition) is 8. The first kappa shape index (κ1) is 21.8. The molecule has 0 aliphatic carbocycles. The van der Waals surface area contributed by atoms with Crippen LogP contribution in [0.2, 0.25) is 0 Å². The van der Waals surface area contributed by atoms with Gasteiger partial charge in [-0.3, -0.25) is 19.5 Å². The van der Waals surface area contributed by atoms with Gasteiger partial charge >= 0.3 is 0 Å². The number of aromatic hydroxyl groups is 1. The van der Waals surface area contributed by atoms with Gasteiger partial charge in [-0.25, -0.2) is 8.42 Å².